The summed E-state index contributed by atoms with van der Waals surface area (Å²) in [4.78, 5) is 0. The van der Waals surface area contributed by atoms with Crippen LogP contribution in [0.3, 0.4) is 0 Å². The third-order valence-corrected chi connectivity index (χ3v) is 2.35. The summed E-state index contributed by atoms with van der Waals surface area (Å²) in [6.45, 7) is 2.80. The van der Waals surface area contributed by atoms with Crippen LogP contribution in [0.4, 0.5) is 4.39 Å². The smallest absolute Gasteiger partial charge is 0.128 e. The maximum absolute atomic E-state index is 13.3. The zero-order valence-corrected chi connectivity index (χ0v) is 9.55. The predicted octanol–water partition coefficient (Wildman–Crippen LogP) is 2.62. The summed E-state index contributed by atoms with van der Waals surface area (Å²) in [6, 6.07) is 4.31. The van der Waals surface area contributed by atoms with Gasteiger partial charge in [-0.25, -0.2) is 4.39 Å². The molecule has 4 heteroatoms. The molecule has 2 N–H and O–H groups in total. The molecule has 1 atom stereocenters. The average molecular weight is 262 g/mol. The normalized spacial score (nSPS) is 12.9. The lowest BCUT2D eigenvalue weighted by molar-refractivity contribution is 0.132. The van der Waals surface area contributed by atoms with Crippen LogP contribution in [-0.4, -0.2) is 13.2 Å². The second-order valence-corrected chi connectivity index (χ2v) is 3.85. The highest BCUT2D eigenvalue weighted by Crippen LogP contribution is 2.20. The first kappa shape index (κ1) is 11.6. The summed E-state index contributed by atoms with van der Waals surface area (Å²) in [5.74, 6) is -0.291. The summed E-state index contributed by atoms with van der Waals surface area (Å²) in [5, 5.41) is 0. The van der Waals surface area contributed by atoms with Gasteiger partial charge in [-0.2, -0.15) is 0 Å². The third-order valence-electron chi connectivity index (χ3n) is 1.86. The van der Waals surface area contributed by atoms with E-state index in [1.807, 2.05) is 6.92 Å². The topological polar surface area (TPSA) is 35.2 Å². The summed E-state index contributed by atoms with van der Waals surface area (Å²) in [6.07, 6.45) is 0. The predicted molar refractivity (Wildman–Crippen MR) is 57.5 cm³/mol. The fourth-order valence-corrected chi connectivity index (χ4v) is 1.51. The molecule has 0 spiro atoms. The number of ether oxygens (including phenoxy) is 1. The van der Waals surface area contributed by atoms with Crippen LogP contribution < -0.4 is 5.73 Å². The van der Waals surface area contributed by atoms with E-state index in [-0.39, 0.29) is 5.82 Å². The quantitative estimate of drug-likeness (QED) is 0.905. The molecule has 78 valence electrons. The first-order valence-corrected chi connectivity index (χ1v) is 5.22. The molecule has 0 heterocycles. The summed E-state index contributed by atoms with van der Waals surface area (Å²) in [7, 11) is 0. The van der Waals surface area contributed by atoms with Crippen molar-refractivity contribution in [3.05, 3.63) is 34.1 Å². The van der Waals surface area contributed by atoms with Gasteiger partial charge in [-0.3, -0.25) is 0 Å². The van der Waals surface area contributed by atoms with Crippen LogP contribution in [0.1, 0.15) is 18.5 Å². The van der Waals surface area contributed by atoms with Crippen LogP contribution in [0.25, 0.3) is 0 Å². The van der Waals surface area contributed by atoms with Crippen LogP contribution >= 0.6 is 15.9 Å². The van der Waals surface area contributed by atoms with Crippen LogP contribution in [0.2, 0.25) is 0 Å². The lowest BCUT2D eigenvalue weighted by Crippen LogP contribution is -2.18. The minimum Gasteiger partial charge on any atom is -0.380 e. The molecule has 1 unspecified atom stereocenters. The molecule has 1 aromatic carbocycles. The van der Waals surface area contributed by atoms with E-state index in [0.29, 0.717) is 18.8 Å². The zero-order chi connectivity index (χ0) is 10.6. The molecule has 1 rings (SSSR count). The maximum Gasteiger partial charge on any atom is 0.128 e. The van der Waals surface area contributed by atoms with E-state index in [1.165, 1.54) is 6.07 Å². The van der Waals surface area contributed by atoms with E-state index < -0.39 is 6.04 Å². The van der Waals surface area contributed by atoms with E-state index in [2.05, 4.69) is 15.9 Å². The molecule has 2 nitrogen and oxygen atoms in total. The van der Waals surface area contributed by atoms with Gasteiger partial charge in [0.1, 0.15) is 5.82 Å². The number of benzene rings is 1. The van der Waals surface area contributed by atoms with Gasteiger partial charge in [0.15, 0.2) is 0 Å². The summed E-state index contributed by atoms with van der Waals surface area (Å²) in [5.41, 5.74) is 6.24. The van der Waals surface area contributed by atoms with Gasteiger partial charge >= 0.3 is 0 Å². The van der Waals surface area contributed by atoms with Crippen LogP contribution in [-0.2, 0) is 4.74 Å². The summed E-state index contributed by atoms with van der Waals surface area (Å²) < 4.78 is 19.2. The molecule has 0 saturated heterocycles. The van der Waals surface area contributed by atoms with Crippen molar-refractivity contribution in [2.45, 2.75) is 13.0 Å². The van der Waals surface area contributed by atoms with E-state index in [9.17, 15) is 4.39 Å². The van der Waals surface area contributed by atoms with Crippen LogP contribution in [0, 0.1) is 5.82 Å². The number of hydrogen-bond donors (Lipinski definition) is 1. The molecule has 0 radical (unpaired) electrons. The second-order valence-electron chi connectivity index (χ2n) is 2.93. The number of halogens is 2. The molecular weight excluding hydrogens is 249 g/mol. The van der Waals surface area contributed by atoms with Gasteiger partial charge in [0.2, 0.25) is 0 Å². The largest absolute Gasteiger partial charge is 0.380 e. The van der Waals surface area contributed by atoms with Crippen molar-refractivity contribution >= 4 is 15.9 Å². The van der Waals surface area contributed by atoms with Crippen molar-refractivity contribution in [2.75, 3.05) is 13.2 Å². The van der Waals surface area contributed by atoms with Gasteiger partial charge in [-0.15, -0.1) is 0 Å². The minimum atomic E-state index is -0.410. The van der Waals surface area contributed by atoms with Gasteiger partial charge in [0, 0.05) is 16.6 Å². The maximum atomic E-state index is 13.3. The third kappa shape index (κ3) is 3.04. The molecule has 0 aliphatic rings. The molecule has 0 fully saturated rings. The molecule has 0 aromatic heterocycles. The highest BCUT2D eigenvalue weighted by Gasteiger charge is 2.11. The first-order valence-electron chi connectivity index (χ1n) is 4.43. The Hall–Kier alpha value is -0.450. The van der Waals surface area contributed by atoms with Crippen LogP contribution in [0.15, 0.2) is 22.7 Å². The molecule has 1 aromatic rings. The SMILES string of the molecule is CCOCC(N)c1cc(Br)ccc1F. The molecule has 14 heavy (non-hydrogen) atoms. The van der Waals surface area contributed by atoms with Gasteiger partial charge in [0.05, 0.1) is 12.6 Å². The lowest BCUT2D eigenvalue weighted by atomic mass is 10.1. The van der Waals surface area contributed by atoms with Crippen molar-refractivity contribution < 1.29 is 9.13 Å². The Morgan fingerprint density at radius 2 is 2.29 bits per heavy atom. The Bertz CT molecular complexity index is 306. The van der Waals surface area contributed by atoms with E-state index in [1.54, 1.807) is 12.1 Å². The molecule has 0 aliphatic heterocycles. The molecular formula is C10H13BrFNO. The molecule has 0 saturated carbocycles. The lowest BCUT2D eigenvalue weighted by Gasteiger charge is -2.12. The second kappa shape index (κ2) is 5.44. The minimum absolute atomic E-state index is 0.291. The summed E-state index contributed by atoms with van der Waals surface area (Å²) >= 11 is 3.27. The van der Waals surface area contributed by atoms with E-state index >= 15 is 0 Å². The van der Waals surface area contributed by atoms with Crippen molar-refractivity contribution in [1.29, 1.82) is 0 Å². The molecule has 0 aliphatic carbocycles. The Morgan fingerprint density at radius 1 is 1.57 bits per heavy atom. The van der Waals surface area contributed by atoms with Crippen molar-refractivity contribution in [3.8, 4) is 0 Å². The zero-order valence-electron chi connectivity index (χ0n) is 7.97. The van der Waals surface area contributed by atoms with Crippen LogP contribution in [0.5, 0.6) is 0 Å². The first-order chi connectivity index (χ1) is 6.65. The monoisotopic (exact) mass is 261 g/mol. The Labute approximate surface area is 91.4 Å². The van der Waals surface area contributed by atoms with E-state index in [4.69, 9.17) is 10.5 Å². The van der Waals surface area contributed by atoms with E-state index in [0.717, 1.165) is 4.47 Å². The standard InChI is InChI=1S/C10H13BrFNO/c1-2-14-6-10(13)8-5-7(11)3-4-9(8)12/h3-5,10H,2,6,13H2,1H3. The molecule has 0 bridgehead atoms. The number of rotatable bonds is 4. The number of nitrogens with two attached hydrogens (primary N) is 1. The van der Waals surface area contributed by atoms with Crippen molar-refractivity contribution in [2.24, 2.45) is 5.73 Å². The number of hydrogen-bond acceptors (Lipinski definition) is 2. The van der Waals surface area contributed by atoms with Crippen molar-refractivity contribution in [3.63, 3.8) is 0 Å². The average Bonchev–Trinajstić information content (AvgIpc) is 2.18. The highest BCUT2D eigenvalue weighted by atomic mass is 79.9. The van der Waals surface area contributed by atoms with Gasteiger partial charge < -0.3 is 10.5 Å². The fourth-order valence-electron chi connectivity index (χ4n) is 1.13. The Kier molecular flexibility index (Phi) is 4.51. The van der Waals surface area contributed by atoms with Crippen molar-refractivity contribution in [1.82, 2.24) is 0 Å². The fraction of sp³-hybridized carbons (Fsp3) is 0.400. The Morgan fingerprint density at radius 3 is 2.93 bits per heavy atom. The Balaban J connectivity index is 2.77. The van der Waals surface area contributed by atoms with Gasteiger partial charge in [-0.1, -0.05) is 15.9 Å². The van der Waals surface area contributed by atoms with Gasteiger partial charge in [0.25, 0.3) is 0 Å². The highest BCUT2D eigenvalue weighted by molar-refractivity contribution is 9.10. The molecule has 0 amide bonds. The van der Waals surface area contributed by atoms with Gasteiger partial charge in [-0.05, 0) is 25.1 Å².